The lowest BCUT2D eigenvalue weighted by molar-refractivity contribution is 0.111. The maximum atomic E-state index is 14.3. The van der Waals surface area contributed by atoms with E-state index in [0.29, 0.717) is 5.56 Å². The number of pyridine rings is 1. The molecule has 0 aromatic carbocycles. The van der Waals surface area contributed by atoms with Gasteiger partial charge in [0.2, 0.25) is 0 Å². The van der Waals surface area contributed by atoms with Crippen LogP contribution in [0.25, 0.3) is 0 Å². The Bertz CT molecular complexity index is 718. The molecular weight excluding hydrogens is 492 g/mol. The summed E-state index contributed by atoms with van der Waals surface area (Å²) in [6.07, 6.45) is 1.62. The fourth-order valence-corrected chi connectivity index (χ4v) is 9.06. The first-order valence-corrected chi connectivity index (χ1v) is 14.0. The van der Waals surface area contributed by atoms with Crippen LogP contribution >= 0.6 is 31.1 Å². The molecule has 0 saturated carbocycles. The summed E-state index contributed by atoms with van der Waals surface area (Å²) in [5.41, 5.74) is 0.701. The second-order valence-electron chi connectivity index (χ2n) is 8.52. The molecule has 0 atom stereocenters. The maximum absolute atomic E-state index is 14.3. The van der Waals surface area contributed by atoms with E-state index in [1.165, 1.54) is 0 Å². The van der Waals surface area contributed by atoms with E-state index in [-0.39, 0.29) is 6.42 Å². The lowest BCUT2D eigenvalue weighted by atomic mass is 10.2. The van der Waals surface area contributed by atoms with Gasteiger partial charge >= 0.3 is 15.2 Å². The number of halogens is 1. The number of nitrogens with zero attached hydrogens (tertiary/aromatic N) is 1. The highest BCUT2D eigenvalue weighted by atomic mass is 79.9. The van der Waals surface area contributed by atoms with Gasteiger partial charge in [0.1, 0.15) is 0 Å². The first kappa shape index (κ1) is 28.0. The van der Waals surface area contributed by atoms with Crippen LogP contribution in [0.2, 0.25) is 0 Å². The Labute approximate surface area is 189 Å². The highest BCUT2D eigenvalue weighted by Crippen LogP contribution is 2.79. The van der Waals surface area contributed by atoms with E-state index in [0.717, 1.165) is 4.47 Å². The third kappa shape index (κ3) is 7.23. The zero-order valence-corrected chi connectivity index (χ0v) is 22.8. The maximum Gasteiger partial charge on any atom is 0.349 e. The molecule has 1 aromatic rings. The third-order valence-corrected chi connectivity index (χ3v) is 11.3. The van der Waals surface area contributed by atoms with Crippen LogP contribution in [0, 0.1) is 0 Å². The molecule has 1 heterocycles. The molecular formula is C20H36BrNO6P2. The van der Waals surface area contributed by atoms with Gasteiger partial charge in [-0.1, -0.05) is 0 Å². The first-order valence-electron chi connectivity index (χ1n) is 10.2. The largest absolute Gasteiger partial charge is 0.349 e. The topological polar surface area (TPSA) is 84.0 Å². The van der Waals surface area contributed by atoms with Crippen molar-refractivity contribution in [3.8, 4) is 0 Å². The summed E-state index contributed by atoms with van der Waals surface area (Å²) >= 11 is 3.41. The minimum Gasteiger partial charge on any atom is -0.305 e. The van der Waals surface area contributed by atoms with Crippen molar-refractivity contribution >= 4 is 31.1 Å². The minimum absolute atomic E-state index is 0.0624. The molecule has 0 aliphatic rings. The molecule has 0 amide bonds. The molecule has 0 saturated heterocycles. The number of aromatic nitrogens is 1. The molecule has 10 heteroatoms. The van der Waals surface area contributed by atoms with Gasteiger partial charge in [-0.05, 0) is 89.9 Å². The van der Waals surface area contributed by atoms with Crippen LogP contribution in [0.15, 0.2) is 22.9 Å². The van der Waals surface area contributed by atoms with Crippen molar-refractivity contribution in [2.24, 2.45) is 0 Å². The minimum atomic E-state index is -4.02. The Morgan fingerprint density at radius 1 is 0.833 bits per heavy atom. The smallest absolute Gasteiger partial charge is 0.305 e. The van der Waals surface area contributed by atoms with E-state index in [1.54, 1.807) is 74.7 Å². The van der Waals surface area contributed by atoms with Gasteiger partial charge in [0.05, 0.1) is 24.4 Å². The Balaban J connectivity index is 3.77. The predicted octanol–water partition coefficient (Wildman–Crippen LogP) is 7.19. The van der Waals surface area contributed by atoms with Crippen molar-refractivity contribution in [3.05, 3.63) is 28.5 Å². The van der Waals surface area contributed by atoms with E-state index in [2.05, 4.69) is 20.9 Å². The van der Waals surface area contributed by atoms with Crippen molar-refractivity contribution < 1.29 is 27.2 Å². The molecule has 1 rings (SSSR count). The average Bonchev–Trinajstić information content (AvgIpc) is 2.51. The van der Waals surface area contributed by atoms with Gasteiger partial charge in [-0.25, -0.2) is 0 Å². The van der Waals surface area contributed by atoms with Crippen molar-refractivity contribution in [2.45, 2.75) is 98.0 Å². The average molecular weight is 528 g/mol. The Morgan fingerprint density at radius 3 is 1.50 bits per heavy atom. The van der Waals surface area contributed by atoms with Gasteiger partial charge < -0.3 is 18.1 Å². The normalized spacial score (nSPS) is 13.8. The highest BCUT2D eigenvalue weighted by Gasteiger charge is 2.63. The fraction of sp³-hybridized carbons (Fsp3) is 0.750. The van der Waals surface area contributed by atoms with E-state index in [4.69, 9.17) is 18.1 Å². The lowest BCUT2D eigenvalue weighted by Crippen LogP contribution is -2.35. The molecule has 30 heavy (non-hydrogen) atoms. The quantitative estimate of drug-likeness (QED) is 0.266. The SMILES string of the molecule is CC(C)OP(=O)(OC(C)C)C(C)(Cc1cncc(Br)c1)P(=O)(OC(C)C)OC(C)C. The molecule has 0 fully saturated rings. The van der Waals surface area contributed by atoms with Crippen LogP contribution in [0.4, 0.5) is 0 Å². The third-order valence-electron chi connectivity index (χ3n) is 3.88. The predicted molar refractivity (Wildman–Crippen MR) is 124 cm³/mol. The van der Waals surface area contributed by atoms with Crippen molar-refractivity contribution in [1.29, 1.82) is 0 Å². The first-order chi connectivity index (χ1) is 13.6. The van der Waals surface area contributed by atoms with E-state index in [9.17, 15) is 9.13 Å². The number of rotatable bonds is 12. The molecule has 0 bridgehead atoms. The number of hydrogen-bond acceptors (Lipinski definition) is 7. The van der Waals surface area contributed by atoms with Crippen LogP contribution in [-0.4, -0.2) is 34.3 Å². The highest BCUT2D eigenvalue weighted by molar-refractivity contribution is 9.10. The zero-order chi connectivity index (χ0) is 23.3. The molecule has 0 N–H and O–H groups in total. The van der Waals surface area contributed by atoms with E-state index in [1.807, 2.05) is 6.07 Å². The molecule has 0 radical (unpaired) electrons. The second kappa shape index (κ2) is 11.2. The van der Waals surface area contributed by atoms with Gasteiger partial charge in [-0.2, -0.15) is 0 Å². The van der Waals surface area contributed by atoms with Crippen LogP contribution in [0.5, 0.6) is 0 Å². The van der Waals surface area contributed by atoms with Crippen LogP contribution in [-0.2, 0) is 33.6 Å². The molecule has 1 aromatic heterocycles. The summed E-state index contributed by atoms with van der Waals surface area (Å²) in [7, 11) is -8.05. The summed E-state index contributed by atoms with van der Waals surface area (Å²) in [4.78, 5) is 2.58. The fourth-order valence-electron chi connectivity index (χ4n) is 2.90. The molecule has 0 unspecified atom stereocenters. The van der Waals surface area contributed by atoms with Crippen molar-refractivity contribution in [2.75, 3.05) is 0 Å². The Hall–Kier alpha value is -0.0700. The summed E-state index contributed by atoms with van der Waals surface area (Å²) in [6.45, 7) is 15.7. The van der Waals surface area contributed by atoms with Gasteiger partial charge in [-0.15, -0.1) is 0 Å². The summed E-state index contributed by atoms with van der Waals surface area (Å²) in [6, 6.07) is 1.83. The number of hydrogen-bond donors (Lipinski definition) is 0. The molecule has 7 nitrogen and oxygen atoms in total. The van der Waals surface area contributed by atoms with Crippen molar-refractivity contribution in [3.63, 3.8) is 0 Å². The Kier molecular flexibility index (Phi) is 10.4. The summed E-state index contributed by atoms with van der Waals surface area (Å²) in [5.74, 6) is 0. The monoisotopic (exact) mass is 527 g/mol. The van der Waals surface area contributed by atoms with Crippen molar-refractivity contribution in [1.82, 2.24) is 4.98 Å². The summed E-state index contributed by atoms with van der Waals surface area (Å²) < 4.78 is 53.0. The van der Waals surface area contributed by atoms with Gasteiger partial charge in [0, 0.05) is 23.3 Å². The van der Waals surface area contributed by atoms with E-state index >= 15 is 0 Å². The molecule has 174 valence electrons. The lowest BCUT2D eigenvalue weighted by Gasteiger charge is -2.42. The standard InChI is InChI=1S/C20H36BrNO6P2/c1-14(2)25-29(23,26-15(3)4)20(9,11-18-10-19(21)13-22-12-18)30(24,27-16(5)6)28-17(7)8/h10,12-17H,11H2,1-9H3. The second-order valence-corrected chi connectivity index (χ2v) is 14.6. The summed E-state index contributed by atoms with van der Waals surface area (Å²) in [5, 5.41) is 0. The van der Waals surface area contributed by atoms with Crippen LogP contribution in [0.3, 0.4) is 0 Å². The van der Waals surface area contributed by atoms with Gasteiger partial charge in [0.25, 0.3) is 0 Å². The molecule has 0 aliphatic carbocycles. The zero-order valence-electron chi connectivity index (χ0n) is 19.4. The van der Waals surface area contributed by atoms with Gasteiger partial charge in [-0.3, -0.25) is 14.1 Å². The molecule has 0 spiro atoms. The molecule has 0 aliphatic heterocycles. The van der Waals surface area contributed by atoms with Gasteiger partial charge in [0.15, 0.2) is 4.90 Å². The van der Waals surface area contributed by atoms with E-state index < -0.39 is 44.5 Å². The Morgan fingerprint density at radius 2 is 1.20 bits per heavy atom. The van der Waals surface area contributed by atoms with Crippen LogP contribution in [0.1, 0.15) is 67.9 Å². The van der Waals surface area contributed by atoms with Crippen LogP contribution < -0.4 is 0 Å².